The van der Waals surface area contributed by atoms with Gasteiger partial charge in [-0.05, 0) is 36.4 Å². The lowest BCUT2D eigenvalue weighted by Gasteiger charge is -1.98. The zero-order chi connectivity index (χ0) is 13.2. The van der Waals surface area contributed by atoms with E-state index in [1.54, 1.807) is 11.3 Å². The van der Waals surface area contributed by atoms with Crippen LogP contribution in [0.15, 0.2) is 53.9 Å². The number of rotatable bonds is 2. The fourth-order valence-electron chi connectivity index (χ4n) is 1.81. The van der Waals surface area contributed by atoms with E-state index in [1.807, 2.05) is 53.9 Å². The smallest absolute Gasteiger partial charge is 0.124 e. The minimum absolute atomic E-state index is 0.722. The number of benzene rings is 2. The first-order chi connectivity index (χ1) is 9.22. The first-order valence-electron chi connectivity index (χ1n) is 5.80. The van der Waals surface area contributed by atoms with Gasteiger partial charge in [0.05, 0.1) is 5.69 Å². The van der Waals surface area contributed by atoms with Crippen LogP contribution in [0.25, 0.3) is 21.8 Å². The Balaban J connectivity index is 1.97. The molecule has 0 radical (unpaired) electrons. The molecule has 0 aliphatic heterocycles. The first kappa shape index (κ1) is 12.2. The highest BCUT2D eigenvalue weighted by molar-refractivity contribution is 7.13. The van der Waals surface area contributed by atoms with Crippen LogP contribution in [0.5, 0.6) is 0 Å². The molecule has 1 heterocycles. The molecular weight excluding hydrogens is 276 g/mol. The highest BCUT2D eigenvalue weighted by Crippen LogP contribution is 2.30. The molecule has 0 spiro atoms. The van der Waals surface area contributed by atoms with Gasteiger partial charge in [-0.2, -0.15) is 0 Å². The summed E-state index contributed by atoms with van der Waals surface area (Å²) in [7, 11) is 0. The number of hydrogen-bond donors (Lipinski definition) is 1. The molecule has 0 aliphatic rings. The molecule has 0 amide bonds. The van der Waals surface area contributed by atoms with Crippen molar-refractivity contribution in [3.63, 3.8) is 0 Å². The summed E-state index contributed by atoms with van der Waals surface area (Å²) in [5, 5.41) is 3.74. The van der Waals surface area contributed by atoms with Gasteiger partial charge in [0, 0.05) is 27.2 Å². The monoisotopic (exact) mass is 286 g/mol. The van der Waals surface area contributed by atoms with Crippen LogP contribution in [0.1, 0.15) is 0 Å². The number of nitrogens with two attached hydrogens (primary N) is 1. The topological polar surface area (TPSA) is 38.9 Å². The van der Waals surface area contributed by atoms with Crippen LogP contribution in [-0.4, -0.2) is 4.98 Å². The van der Waals surface area contributed by atoms with Gasteiger partial charge in [-0.15, -0.1) is 11.3 Å². The molecule has 2 N–H and O–H groups in total. The van der Waals surface area contributed by atoms with Gasteiger partial charge < -0.3 is 5.73 Å². The second-order valence-corrected chi connectivity index (χ2v) is 5.46. The molecule has 3 rings (SSSR count). The van der Waals surface area contributed by atoms with E-state index < -0.39 is 0 Å². The van der Waals surface area contributed by atoms with Crippen molar-refractivity contribution in [1.29, 1.82) is 0 Å². The number of anilines is 1. The van der Waals surface area contributed by atoms with Crippen LogP contribution < -0.4 is 5.73 Å². The van der Waals surface area contributed by atoms with E-state index in [2.05, 4.69) is 4.98 Å². The summed E-state index contributed by atoms with van der Waals surface area (Å²) < 4.78 is 0. The Kier molecular flexibility index (Phi) is 3.23. The van der Waals surface area contributed by atoms with E-state index in [4.69, 9.17) is 17.3 Å². The number of nitrogen functional groups attached to an aromatic ring is 1. The summed E-state index contributed by atoms with van der Waals surface area (Å²) in [6.07, 6.45) is 0. The summed E-state index contributed by atoms with van der Waals surface area (Å²) in [6, 6.07) is 15.5. The van der Waals surface area contributed by atoms with Gasteiger partial charge in [-0.25, -0.2) is 4.98 Å². The first-order valence-corrected chi connectivity index (χ1v) is 7.05. The van der Waals surface area contributed by atoms with Crippen LogP contribution in [-0.2, 0) is 0 Å². The quantitative estimate of drug-likeness (QED) is 0.693. The molecule has 0 aliphatic carbocycles. The Bertz CT molecular complexity index is 704. The van der Waals surface area contributed by atoms with Gasteiger partial charge in [-0.1, -0.05) is 23.7 Å². The molecule has 4 heteroatoms. The second kappa shape index (κ2) is 5.03. The molecule has 0 saturated carbocycles. The maximum Gasteiger partial charge on any atom is 0.124 e. The SMILES string of the molecule is Nc1ccc(-c2nc(-c3cccc(Cl)c3)cs2)cc1. The van der Waals surface area contributed by atoms with Crippen molar-refractivity contribution in [1.82, 2.24) is 4.98 Å². The third-order valence-electron chi connectivity index (χ3n) is 2.78. The summed E-state index contributed by atoms with van der Waals surface area (Å²) in [5.74, 6) is 0. The Morgan fingerprint density at radius 3 is 2.53 bits per heavy atom. The highest BCUT2D eigenvalue weighted by atomic mass is 35.5. The predicted octanol–water partition coefficient (Wildman–Crippen LogP) is 4.71. The van der Waals surface area contributed by atoms with E-state index >= 15 is 0 Å². The van der Waals surface area contributed by atoms with Crippen LogP contribution in [0.4, 0.5) is 5.69 Å². The maximum atomic E-state index is 6.00. The molecule has 2 nitrogen and oxygen atoms in total. The third kappa shape index (κ3) is 2.62. The summed E-state index contributed by atoms with van der Waals surface area (Å²) >= 11 is 7.61. The van der Waals surface area contributed by atoms with Crippen molar-refractivity contribution >= 4 is 28.6 Å². The van der Waals surface area contributed by atoms with Gasteiger partial charge in [-0.3, -0.25) is 0 Å². The molecule has 94 valence electrons. The standard InChI is InChI=1S/C15H11ClN2S/c16-12-3-1-2-11(8-12)14-9-19-15(18-14)10-4-6-13(17)7-5-10/h1-9H,17H2. The lowest BCUT2D eigenvalue weighted by molar-refractivity contribution is 1.40. The van der Waals surface area contributed by atoms with E-state index in [9.17, 15) is 0 Å². The average Bonchev–Trinajstić information content (AvgIpc) is 2.89. The van der Waals surface area contributed by atoms with Crippen molar-refractivity contribution < 1.29 is 0 Å². The molecule has 3 aromatic rings. The minimum atomic E-state index is 0.722. The minimum Gasteiger partial charge on any atom is -0.399 e. The Labute approximate surface area is 120 Å². The van der Waals surface area contributed by atoms with Crippen LogP contribution in [0.3, 0.4) is 0 Å². The number of nitrogens with zero attached hydrogens (tertiary/aromatic N) is 1. The molecule has 19 heavy (non-hydrogen) atoms. The zero-order valence-corrected chi connectivity index (χ0v) is 11.6. The van der Waals surface area contributed by atoms with Gasteiger partial charge in [0.25, 0.3) is 0 Å². The second-order valence-electron chi connectivity index (χ2n) is 4.17. The maximum absolute atomic E-state index is 6.00. The van der Waals surface area contributed by atoms with Crippen molar-refractivity contribution in [3.8, 4) is 21.8 Å². The lowest BCUT2D eigenvalue weighted by Crippen LogP contribution is -1.84. The van der Waals surface area contributed by atoms with Crippen LogP contribution in [0.2, 0.25) is 5.02 Å². The molecule has 0 atom stereocenters. The van der Waals surface area contributed by atoms with Crippen LogP contribution >= 0.6 is 22.9 Å². The van der Waals surface area contributed by atoms with E-state index in [0.717, 1.165) is 32.5 Å². The Morgan fingerprint density at radius 2 is 1.79 bits per heavy atom. The molecule has 0 unspecified atom stereocenters. The Morgan fingerprint density at radius 1 is 1.00 bits per heavy atom. The zero-order valence-electron chi connectivity index (χ0n) is 10.0. The van der Waals surface area contributed by atoms with Gasteiger partial charge in [0.15, 0.2) is 0 Å². The number of aromatic nitrogens is 1. The van der Waals surface area contributed by atoms with Crippen molar-refractivity contribution in [3.05, 3.63) is 58.9 Å². The average molecular weight is 287 g/mol. The van der Waals surface area contributed by atoms with Gasteiger partial charge in [0.2, 0.25) is 0 Å². The van der Waals surface area contributed by atoms with Crippen molar-refractivity contribution in [2.24, 2.45) is 0 Å². The summed E-state index contributed by atoms with van der Waals surface area (Å²) in [4.78, 5) is 4.64. The number of hydrogen-bond acceptors (Lipinski definition) is 3. The summed E-state index contributed by atoms with van der Waals surface area (Å²) in [6.45, 7) is 0. The molecule has 1 aromatic heterocycles. The molecule has 0 fully saturated rings. The van der Waals surface area contributed by atoms with E-state index in [-0.39, 0.29) is 0 Å². The van der Waals surface area contributed by atoms with Gasteiger partial charge >= 0.3 is 0 Å². The fraction of sp³-hybridized carbons (Fsp3) is 0. The highest BCUT2D eigenvalue weighted by Gasteiger charge is 2.06. The Hall–Kier alpha value is -1.84. The number of thiazole rings is 1. The predicted molar refractivity (Wildman–Crippen MR) is 82.4 cm³/mol. The molecule has 2 aromatic carbocycles. The molecule has 0 bridgehead atoms. The van der Waals surface area contributed by atoms with Gasteiger partial charge in [0.1, 0.15) is 5.01 Å². The van der Waals surface area contributed by atoms with Crippen LogP contribution in [0, 0.1) is 0 Å². The van der Waals surface area contributed by atoms with E-state index in [0.29, 0.717) is 0 Å². The lowest BCUT2D eigenvalue weighted by atomic mass is 10.2. The third-order valence-corrected chi connectivity index (χ3v) is 3.91. The molecule has 0 saturated heterocycles. The normalized spacial score (nSPS) is 10.6. The fourth-order valence-corrected chi connectivity index (χ4v) is 2.84. The van der Waals surface area contributed by atoms with Crippen molar-refractivity contribution in [2.45, 2.75) is 0 Å². The molecular formula is C15H11ClN2S. The summed E-state index contributed by atoms with van der Waals surface area (Å²) in [5.41, 5.74) is 9.50. The van der Waals surface area contributed by atoms with E-state index in [1.165, 1.54) is 0 Å². The largest absolute Gasteiger partial charge is 0.399 e. The number of halogens is 1. The van der Waals surface area contributed by atoms with Crippen molar-refractivity contribution in [2.75, 3.05) is 5.73 Å².